The summed E-state index contributed by atoms with van der Waals surface area (Å²) in [6, 6.07) is 13.8. The van der Waals surface area contributed by atoms with Gasteiger partial charge in [-0.2, -0.15) is 0 Å². The number of aryl methyl sites for hydroxylation is 1. The number of sulfonamides is 1. The summed E-state index contributed by atoms with van der Waals surface area (Å²) in [5.41, 5.74) is 2.08. The number of hydrogen-bond donors (Lipinski definition) is 1. The first-order valence-electron chi connectivity index (χ1n) is 10.2. The number of rotatable bonds is 12. The summed E-state index contributed by atoms with van der Waals surface area (Å²) in [6.45, 7) is 2.00. The first kappa shape index (κ1) is 24.4. The smallest absolute Gasteiger partial charge is 0.305 e. The van der Waals surface area contributed by atoms with Crippen molar-refractivity contribution in [2.24, 2.45) is 0 Å². The Morgan fingerprint density at radius 2 is 1.57 bits per heavy atom. The van der Waals surface area contributed by atoms with Crippen molar-refractivity contribution in [3.8, 4) is 0 Å². The number of esters is 1. The molecule has 0 aromatic heterocycles. The van der Waals surface area contributed by atoms with Gasteiger partial charge in [-0.05, 0) is 49.6 Å². The molecule has 0 fully saturated rings. The zero-order chi connectivity index (χ0) is 22.0. The molecular formula is C23H30ClNO4S. The van der Waals surface area contributed by atoms with E-state index in [9.17, 15) is 13.2 Å². The quantitative estimate of drug-likeness (QED) is 0.338. The molecule has 1 N–H and O–H groups in total. The van der Waals surface area contributed by atoms with Crippen LogP contribution in [0.2, 0.25) is 5.02 Å². The molecule has 7 heteroatoms. The van der Waals surface area contributed by atoms with E-state index in [1.165, 1.54) is 19.2 Å². The van der Waals surface area contributed by atoms with Crippen molar-refractivity contribution in [1.29, 1.82) is 0 Å². The van der Waals surface area contributed by atoms with Crippen molar-refractivity contribution >= 4 is 27.6 Å². The van der Waals surface area contributed by atoms with Crippen molar-refractivity contribution in [2.75, 3.05) is 7.11 Å². The highest BCUT2D eigenvalue weighted by Gasteiger charge is 2.21. The fourth-order valence-corrected chi connectivity index (χ4v) is 4.60. The summed E-state index contributed by atoms with van der Waals surface area (Å²) < 4.78 is 33.2. The van der Waals surface area contributed by atoms with Crippen LogP contribution in [0.25, 0.3) is 0 Å². The van der Waals surface area contributed by atoms with E-state index >= 15 is 0 Å². The number of carbonyl (C=O) groups excluding carboxylic acids is 1. The number of methoxy groups -OCH3 is 1. The average Bonchev–Trinajstić information content (AvgIpc) is 2.72. The minimum atomic E-state index is -3.66. The maximum Gasteiger partial charge on any atom is 0.305 e. The molecule has 0 saturated heterocycles. The Kier molecular flexibility index (Phi) is 9.82. The van der Waals surface area contributed by atoms with Gasteiger partial charge in [0.15, 0.2) is 0 Å². The number of hydrogen-bond acceptors (Lipinski definition) is 4. The highest BCUT2D eigenvalue weighted by Crippen LogP contribution is 2.24. The molecule has 0 radical (unpaired) electrons. The van der Waals surface area contributed by atoms with Gasteiger partial charge in [0.2, 0.25) is 10.0 Å². The molecule has 2 aromatic rings. The van der Waals surface area contributed by atoms with Crippen LogP contribution < -0.4 is 4.72 Å². The maximum absolute atomic E-state index is 12.9. The Hall–Kier alpha value is -1.89. The lowest BCUT2D eigenvalue weighted by molar-refractivity contribution is -0.140. The van der Waals surface area contributed by atoms with Gasteiger partial charge < -0.3 is 4.74 Å². The highest BCUT2D eigenvalue weighted by molar-refractivity contribution is 7.89. The largest absolute Gasteiger partial charge is 0.469 e. The predicted octanol–water partition coefficient (Wildman–Crippen LogP) is 5.57. The highest BCUT2D eigenvalue weighted by atomic mass is 35.5. The van der Waals surface area contributed by atoms with Crippen molar-refractivity contribution < 1.29 is 17.9 Å². The Morgan fingerprint density at radius 1 is 0.967 bits per heavy atom. The van der Waals surface area contributed by atoms with Crippen LogP contribution in [0.3, 0.4) is 0 Å². The SMILES string of the molecule is COC(=O)CCCCCCCC(NS(=O)(=O)c1ccc(Cl)cc1)c1ccc(C)cc1. The van der Waals surface area contributed by atoms with E-state index in [2.05, 4.69) is 9.46 Å². The van der Waals surface area contributed by atoms with Crippen LogP contribution in [-0.2, 0) is 19.6 Å². The fourth-order valence-electron chi connectivity index (χ4n) is 3.21. The molecule has 0 spiro atoms. The molecule has 0 aliphatic rings. The molecule has 164 valence electrons. The summed E-state index contributed by atoms with van der Waals surface area (Å²) in [5.74, 6) is -0.175. The van der Waals surface area contributed by atoms with Crippen molar-refractivity contribution in [2.45, 2.75) is 62.8 Å². The minimum Gasteiger partial charge on any atom is -0.469 e. The van der Waals surface area contributed by atoms with Gasteiger partial charge in [-0.3, -0.25) is 4.79 Å². The number of halogens is 1. The van der Waals surface area contributed by atoms with E-state index in [0.717, 1.165) is 43.2 Å². The Bertz CT molecular complexity index is 896. The third-order valence-corrected chi connectivity index (χ3v) is 6.74. The molecule has 0 heterocycles. The zero-order valence-electron chi connectivity index (χ0n) is 17.6. The monoisotopic (exact) mass is 451 g/mol. The lowest BCUT2D eigenvalue weighted by Gasteiger charge is -2.20. The van der Waals surface area contributed by atoms with Gasteiger partial charge in [-0.25, -0.2) is 13.1 Å². The first-order valence-corrected chi connectivity index (χ1v) is 12.1. The number of nitrogens with one attached hydrogen (secondary N) is 1. The van der Waals surface area contributed by atoms with E-state index in [-0.39, 0.29) is 16.9 Å². The van der Waals surface area contributed by atoms with Crippen LogP contribution in [0.15, 0.2) is 53.4 Å². The standard InChI is InChI=1S/C23H30ClNO4S/c1-18-10-12-19(13-11-18)22(8-6-4-3-5-7-9-23(26)29-2)25-30(27,28)21-16-14-20(24)15-17-21/h10-17,22,25H,3-9H2,1-2H3. The van der Waals surface area contributed by atoms with Gasteiger partial charge in [0.25, 0.3) is 0 Å². The number of carbonyl (C=O) groups is 1. The zero-order valence-corrected chi connectivity index (χ0v) is 19.1. The number of ether oxygens (including phenoxy) is 1. The third-order valence-electron chi connectivity index (χ3n) is 5.00. The molecule has 0 aliphatic carbocycles. The topological polar surface area (TPSA) is 72.5 Å². The second kappa shape index (κ2) is 12.1. The molecule has 30 heavy (non-hydrogen) atoms. The molecular weight excluding hydrogens is 422 g/mol. The number of benzene rings is 2. The van der Waals surface area contributed by atoms with Gasteiger partial charge >= 0.3 is 5.97 Å². The average molecular weight is 452 g/mol. The van der Waals surface area contributed by atoms with Crippen molar-refractivity contribution in [3.05, 3.63) is 64.7 Å². The lowest BCUT2D eigenvalue weighted by atomic mass is 9.99. The van der Waals surface area contributed by atoms with E-state index < -0.39 is 10.0 Å². The van der Waals surface area contributed by atoms with E-state index in [1.807, 2.05) is 31.2 Å². The van der Waals surface area contributed by atoms with Crippen LogP contribution >= 0.6 is 11.6 Å². The maximum atomic E-state index is 12.9. The fraction of sp³-hybridized carbons (Fsp3) is 0.435. The molecule has 2 rings (SSSR count). The van der Waals surface area contributed by atoms with Crippen LogP contribution in [0.1, 0.15) is 62.1 Å². The van der Waals surface area contributed by atoms with E-state index in [0.29, 0.717) is 17.9 Å². The molecule has 0 bridgehead atoms. The minimum absolute atomic E-state index is 0.175. The second-order valence-corrected chi connectivity index (χ2v) is 9.57. The normalized spacial score (nSPS) is 12.5. The van der Waals surface area contributed by atoms with Gasteiger partial charge in [-0.15, -0.1) is 0 Å². The summed E-state index contributed by atoms with van der Waals surface area (Å²) in [6.07, 6.45) is 5.79. The Morgan fingerprint density at radius 3 is 2.20 bits per heavy atom. The van der Waals surface area contributed by atoms with Gasteiger partial charge in [0, 0.05) is 17.5 Å². The van der Waals surface area contributed by atoms with E-state index in [4.69, 9.17) is 11.6 Å². The van der Waals surface area contributed by atoms with Crippen LogP contribution in [0, 0.1) is 6.92 Å². The van der Waals surface area contributed by atoms with Gasteiger partial charge in [-0.1, -0.05) is 67.1 Å². The summed E-state index contributed by atoms with van der Waals surface area (Å²) >= 11 is 5.88. The predicted molar refractivity (Wildman–Crippen MR) is 120 cm³/mol. The molecule has 1 unspecified atom stereocenters. The molecule has 2 aromatic carbocycles. The first-order chi connectivity index (χ1) is 14.3. The summed E-state index contributed by atoms with van der Waals surface area (Å²) in [5, 5.41) is 0.497. The summed E-state index contributed by atoms with van der Waals surface area (Å²) in [4.78, 5) is 11.3. The summed E-state index contributed by atoms with van der Waals surface area (Å²) in [7, 11) is -2.26. The van der Waals surface area contributed by atoms with Crippen LogP contribution in [0.4, 0.5) is 0 Å². The number of unbranched alkanes of at least 4 members (excludes halogenated alkanes) is 4. The van der Waals surface area contributed by atoms with E-state index in [1.54, 1.807) is 12.1 Å². The van der Waals surface area contributed by atoms with Crippen LogP contribution in [-0.4, -0.2) is 21.5 Å². The Labute approximate surface area is 184 Å². The van der Waals surface area contributed by atoms with Crippen LogP contribution in [0.5, 0.6) is 0 Å². The lowest BCUT2D eigenvalue weighted by Crippen LogP contribution is -2.28. The molecule has 1 atom stereocenters. The molecule has 0 aliphatic heterocycles. The second-order valence-electron chi connectivity index (χ2n) is 7.42. The van der Waals surface area contributed by atoms with Gasteiger partial charge in [0.1, 0.15) is 0 Å². The molecule has 5 nitrogen and oxygen atoms in total. The van der Waals surface area contributed by atoms with Gasteiger partial charge in [0.05, 0.1) is 12.0 Å². The molecule has 0 saturated carbocycles. The third kappa shape index (κ3) is 8.09. The molecule has 0 amide bonds. The van der Waals surface area contributed by atoms with Crippen molar-refractivity contribution in [1.82, 2.24) is 4.72 Å². The van der Waals surface area contributed by atoms with Crippen molar-refractivity contribution in [3.63, 3.8) is 0 Å². The Balaban J connectivity index is 1.97.